The first-order valence-electron chi connectivity index (χ1n) is 4.95. The van der Waals surface area contributed by atoms with E-state index in [9.17, 15) is 8.42 Å². The van der Waals surface area contributed by atoms with Crippen molar-refractivity contribution in [1.29, 1.82) is 0 Å². The lowest BCUT2D eigenvalue weighted by molar-refractivity contribution is 0.601. The maximum Gasteiger partial charge on any atom is 0.266 e. The van der Waals surface area contributed by atoms with Crippen LogP contribution >= 0.6 is 50.7 Å². The molecule has 0 unspecified atom stereocenters. The SMILES string of the molecule is O=S(=O)(Nc1nccnc1Cl)c1c(Cl)cc(Br)cc1Cl. The number of aromatic nitrogens is 2. The number of hydrogen-bond donors (Lipinski definition) is 1. The zero-order valence-electron chi connectivity index (χ0n) is 9.44. The van der Waals surface area contributed by atoms with Gasteiger partial charge in [-0.05, 0) is 12.1 Å². The topological polar surface area (TPSA) is 72.0 Å². The van der Waals surface area contributed by atoms with Crippen molar-refractivity contribution < 1.29 is 8.42 Å². The second-order valence-corrected chi connectivity index (χ2v) is 7.21. The van der Waals surface area contributed by atoms with E-state index in [-0.39, 0.29) is 25.9 Å². The van der Waals surface area contributed by atoms with Gasteiger partial charge >= 0.3 is 0 Å². The number of halogens is 4. The standard InChI is InChI=1S/C10H5BrCl3N3O2S/c11-5-3-6(12)8(7(13)4-5)20(18,19)17-10-9(14)15-1-2-16-10/h1-4H,(H,16,17). The van der Waals surface area contributed by atoms with Crippen LogP contribution in [0.4, 0.5) is 5.82 Å². The molecule has 0 bridgehead atoms. The quantitative estimate of drug-likeness (QED) is 0.819. The predicted octanol–water partition coefficient (Wildman–Crippen LogP) is 4.00. The Morgan fingerprint density at radius 2 is 1.60 bits per heavy atom. The molecule has 5 nitrogen and oxygen atoms in total. The third-order valence-electron chi connectivity index (χ3n) is 2.12. The molecule has 0 saturated carbocycles. The van der Waals surface area contributed by atoms with Crippen molar-refractivity contribution in [1.82, 2.24) is 9.97 Å². The van der Waals surface area contributed by atoms with Crippen LogP contribution in [0.15, 0.2) is 33.9 Å². The monoisotopic (exact) mass is 415 g/mol. The molecule has 0 amide bonds. The largest absolute Gasteiger partial charge is 0.266 e. The Hall–Kier alpha value is -0.600. The fourth-order valence-electron chi connectivity index (χ4n) is 1.35. The fourth-order valence-corrected chi connectivity index (χ4v) is 4.52. The van der Waals surface area contributed by atoms with E-state index in [1.54, 1.807) is 0 Å². The minimum Gasteiger partial charge on any atom is -0.261 e. The summed E-state index contributed by atoms with van der Waals surface area (Å²) in [6.07, 6.45) is 2.63. The van der Waals surface area contributed by atoms with Crippen LogP contribution in [0.5, 0.6) is 0 Å². The molecule has 1 heterocycles. The number of sulfonamides is 1. The van der Waals surface area contributed by atoms with Gasteiger partial charge < -0.3 is 0 Å². The molecule has 0 saturated heterocycles. The molecule has 106 valence electrons. The van der Waals surface area contributed by atoms with Gasteiger partial charge in [0.25, 0.3) is 10.0 Å². The zero-order chi connectivity index (χ0) is 14.9. The Labute approximate surface area is 138 Å². The van der Waals surface area contributed by atoms with Crippen molar-refractivity contribution in [3.63, 3.8) is 0 Å². The van der Waals surface area contributed by atoms with Gasteiger partial charge in [-0.2, -0.15) is 0 Å². The van der Waals surface area contributed by atoms with Gasteiger partial charge in [-0.25, -0.2) is 18.4 Å². The van der Waals surface area contributed by atoms with E-state index in [1.165, 1.54) is 24.5 Å². The molecule has 1 aromatic heterocycles. The Morgan fingerprint density at radius 3 is 2.15 bits per heavy atom. The molecule has 20 heavy (non-hydrogen) atoms. The van der Waals surface area contributed by atoms with Crippen molar-refractivity contribution in [3.05, 3.63) is 44.2 Å². The van der Waals surface area contributed by atoms with E-state index in [0.717, 1.165) is 0 Å². The van der Waals surface area contributed by atoms with Gasteiger partial charge in [-0.15, -0.1) is 0 Å². The van der Waals surface area contributed by atoms with Gasteiger partial charge in [0.2, 0.25) is 0 Å². The molecule has 2 aromatic rings. The van der Waals surface area contributed by atoms with Gasteiger partial charge in [-0.3, -0.25) is 4.72 Å². The van der Waals surface area contributed by atoms with E-state index < -0.39 is 10.0 Å². The molecular weight excluding hydrogens is 412 g/mol. The Balaban J connectivity index is 2.50. The first kappa shape index (κ1) is 15.8. The van der Waals surface area contributed by atoms with Gasteiger partial charge in [0.05, 0.1) is 10.0 Å². The third kappa shape index (κ3) is 3.35. The van der Waals surface area contributed by atoms with E-state index in [4.69, 9.17) is 34.8 Å². The summed E-state index contributed by atoms with van der Waals surface area (Å²) < 4.78 is 27.3. The molecule has 2 rings (SSSR count). The normalized spacial score (nSPS) is 11.4. The van der Waals surface area contributed by atoms with Crippen molar-refractivity contribution >= 4 is 66.6 Å². The smallest absolute Gasteiger partial charge is 0.261 e. The average molecular weight is 417 g/mol. The first-order chi connectivity index (χ1) is 9.31. The maximum absolute atomic E-state index is 12.3. The summed E-state index contributed by atoms with van der Waals surface area (Å²) in [6, 6.07) is 2.83. The number of rotatable bonds is 3. The van der Waals surface area contributed by atoms with E-state index >= 15 is 0 Å². The number of nitrogens with zero attached hydrogens (tertiary/aromatic N) is 2. The molecule has 0 fully saturated rings. The highest BCUT2D eigenvalue weighted by Gasteiger charge is 2.24. The zero-order valence-corrected chi connectivity index (χ0v) is 14.1. The predicted molar refractivity (Wildman–Crippen MR) is 82.0 cm³/mol. The molecule has 1 N–H and O–H groups in total. The van der Waals surface area contributed by atoms with Crippen LogP contribution in [0.3, 0.4) is 0 Å². The van der Waals surface area contributed by atoms with E-state index in [0.29, 0.717) is 4.47 Å². The summed E-state index contributed by atoms with van der Waals surface area (Å²) in [5.41, 5.74) is 0. The van der Waals surface area contributed by atoms with Gasteiger partial charge in [0.15, 0.2) is 11.0 Å². The van der Waals surface area contributed by atoms with Crippen molar-refractivity contribution in [3.8, 4) is 0 Å². The third-order valence-corrected chi connectivity index (χ3v) is 5.11. The second-order valence-electron chi connectivity index (χ2n) is 3.50. The highest BCUT2D eigenvalue weighted by molar-refractivity contribution is 9.10. The Morgan fingerprint density at radius 1 is 1.05 bits per heavy atom. The minimum atomic E-state index is -4.04. The number of hydrogen-bond acceptors (Lipinski definition) is 4. The Bertz CT molecular complexity index is 747. The van der Waals surface area contributed by atoms with Crippen molar-refractivity contribution in [2.45, 2.75) is 4.90 Å². The van der Waals surface area contributed by atoms with Crippen LogP contribution < -0.4 is 4.72 Å². The molecule has 0 aliphatic carbocycles. The maximum atomic E-state index is 12.3. The molecule has 1 aromatic carbocycles. The molecule has 10 heteroatoms. The average Bonchev–Trinajstić information content (AvgIpc) is 2.30. The summed E-state index contributed by atoms with van der Waals surface area (Å²) in [7, 11) is -4.04. The molecule has 0 aliphatic heterocycles. The summed E-state index contributed by atoms with van der Waals surface area (Å²) in [4.78, 5) is 7.25. The Kier molecular flexibility index (Phi) is 4.76. The van der Waals surface area contributed by atoms with Gasteiger partial charge in [0.1, 0.15) is 4.90 Å². The van der Waals surface area contributed by atoms with Crippen LogP contribution in [-0.2, 0) is 10.0 Å². The van der Waals surface area contributed by atoms with Gasteiger partial charge in [0, 0.05) is 16.9 Å². The van der Waals surface area contributed by atoms with Crippen LogP contribution in [0.25, 0.3) is 0 Å². The molecule has 0 atom stereocenters. The highest BCUT2D eigenvalue weighted by Crippen LogP contribution is 2.34. The van der Waals surface area contributed by atoms with Crippen LogP contribution in [0.2, 0.25) is 15.2 Å². The number of nitrogens with one attached hydrogen (secondary N) is 1. The fraction of sp³-hybridized carbons (Fsp3) is 0. The summed E-state index contributed by atoms with van der Waals surface area (Å²) in [6.45, 7) is 0. The number of anilines is 1. The molecular formula is C10H5BrCl3N3O2S. The van der Waals surface area contributed by atoms with Crippen molar-refractivity contribution in [2.24, 2.45) is 0 Å². The van der Waals surface area contributed by atoms with E-state index in [2.05, 4.69) is 30.6 Å². The highest BCUT2D eigenvalue weighted by atomic mass is 79.9. The lowest BCUT2D eigenvalue weighted by atomic mass is 10.4. The van der Waals surface area contributed by atoms with Crippen LogP contribution in [-0.4, -0.2) is 18.4 Å². The van der Waals surface area contributed by atoms with Crippen LogP contribution in [0, 0.1) is 0 Å². The van der Waals surface area contributed by atoms with Gasteiger partial charge in [-0.1, -0.05) is 50.7 Å². The van der Waals surface area contributed by atoms with Crippen molar-refractivity contribution in [2.75, 3.05) is 4.72 Å². The van der Waals surface area contributed by atoms with Crippen LogP contribution in [0.1, 0.15) is 0 Å². The molecule has 0 radical (unpaired) electrons. The molecule has 0 spiro atoms. The minimum absolute atomic E-state index is 0.0307. The summed E-state index contributed by atoms with van der Waals surface area (Å²) in [5, 5.41) is -0.144. The number of benzene rings is 1. The van der Waals surface area contributed by atoms with E-state index in [1.807, 2.05) is 0 Å². The first-order valence-corrected chi connectivity index (χ1v) is 8.36. The molecule has 0 aliphatic rings. The summed E-state index contributed by atoms with van der Waals surface area (Å²) >= 11 is 20.8. The summed E-state index contributed by atoms with van der Waals surface area (Å²) in [5.74, 6) is -0.107. The second kappa shape index (κ2) is 6.03. The lowest BCUT2D eigenvalue weighted by Gasteiger charge is -2.11. The lowest BCUT2D eigenvalue weighted by Crippen LogP contribution is -2.15.